The summed E-state index contributed by atoms with van der Waals surface area (Å²) in [6, 6.07) is 11.9. The van der Waals surface area contributed by atoms with Gasteiger partial charge in [-0.15, -0.1) is 0 Å². The average molecular weight is 309 g/mol. The Labute approximate surface area is 134 Å². The summed E-state index contributed by atoms with van der Waals surface area (Å²) in [7, 11) is 0. The van der Waals surface area contributed by atoms with Crippen LogP contribution >= 0.6 is 0 Å². The van der Waals surface area contributed by atoms with Crippen molar-refractivity contribution in [3.05, 3.63) is 54.2 Å². The van der Waals surface area contributed by atoms with Gasteiger partial charge in [0, 0.05) is 24.9 Å². The lowest BCUT2D eigenvalue weighted by Crippen LogP contribution is -2.29. The number of para-hydroxylation sites is 2. The molecule has 1 saturated carbocycles. The van der Waals surface area contributed by atoms with Gasteiger partial charge in [-0.05, 0) is 37.6 Å². The lowest BCUT2D eigenvalue weighted by molar-refractivity contribution is -0.122. The third-order valence-electron chi connectivity index (χ3n) is 4.52. The van der Waals surface area contributed by atoms with Gasteiger partial charge in [0.1, 0.15) is 11.6 Å². The van der Waals surface area contributed by atoms with E-state index in [0.29, 0.717) is 6.54 Å². The molecule has 1 aliphatic carbocycles. The van der Waals surface area contributed by atoms with Crippen molar-refractivity contribution in [2.75, 3.05) is 6.54 Å². The predicted octanol–water partition coefficient (Wildman–Crippen LogP) is 2.86. The highest BCUT2D eigenvalue weighted by atomic mass is 16.3. The Hall–Kier alpha value is -2.56. The normalized spacial score (nSPS) is 19.9. The number of furan rings is 1. The highest BCUT2D eigenvalue weighted by Crippen LogP contribution is 2.47. The van der Waals surface area contributed by atoms with Gasteiger partial charge < -0.3 is 14.3 Å². The number of nitrogens with one attached hydrogen (secondary N) is 1. The molecule has 1 aromatic carbocycles. The van der Waals surface area contributed by atoms with E-state index >= 15 is 0 Å². The molecule has 0 unspecified atom stereocenters. The molecule has 3 aromatic rings. The zero-order chi connectivity index (χ0) is 15.8. The Kier molecular flexibility index (Phi) is 3.41. The number of nitrogens with zero attached hydrogens (tertiary/aromatic N) is 2. The molecule has 1 amide bonds. The van der Waals surface area contributed by atoms with Crippen LogP contribution in [-0.2, 0) is 11.3 Å². The summed E-state index contributed by atoms with van der Waals surface area (Å²) in [6.45, 7) is 3.34. The molecule has 0 aliphatic heterocycles. The first-order valence-electron chi connectivity index (χ1n) is 7.97. The number of hydrogen-bond acceptors (Lipinski definition) is 3. The molecule has 0 saturated heterocycles. The molecule has 0 radical (unpaired) electrons. The smallest absolute Gasteiger partial charge is 0.223 e. The first-order valence-corrected chi connectivity index (χ1v) is 7.97. The van der Waals surface area contributed by atoms with Crippen molar-refractivity contribution in [2.24, 2.45) is 5.92 Å². The molecular formula is C18H19N3O2. The Morgan fingerprint density at radius 3 is 3.04 bits per heavy atom. The van der Waals surface area contributed by atoms with Crippen LogP contribution < -0.4 is 5.32 Å². The largest absolute Gasteiger partial charge is 0.469 e. The first-order chi connectivity index (χ1) is 11.2. The quantitative estimate of drug-likeness (QED) is 0.788. The fourth-order valence-electron chi connectivity index (χ4n) is 3.20. The van der Waals surface area contributed by atoms with Crippen LogP contribution in [0.3, 0.4) is 0 Å². The fourth-order valence-corrected chi connectivity index (χ4v) is 3.20. The molecule has 0 bridgehead atoms. The molecule has 1 fully saturated rings. The van der Waals surface area contributed by atoms with Gasteiger partial charge in [0.15, 0.2) is 0 Å². The van der Waals surface area contributed by atoms with E-state index < -0.39 is 0 Å². The number of hydrogen-bond donors (Lipinski definition) is 1. The molecule has 118 valence electrons. The number of benzene rings is 1. The van der Waals surface area contributed by atoms with E-state index in [1.165, 1.54) is 0 Å². The average Bonchev–Trinajstić information content (AvgIpc) is 3.03. The van der Waals surface area contributed by atoms with E-state index in [9.17, 15) is 4.79 Å². The predicted molar refractivity (Wildman–Crippen MR) is 87.0 cm³/mol. The molecular weight excluding hydrogens is 290 g/mol. The summed E-state index contributed by atoms with van der Waals surface area (Å²) in [5.74, 6) is 2.32. The number of imidazole rings is 1. The minimum Gasteiger partial charge on any atom is -0.469 e. The lowest BCUT2D eigenvalue weighted by atomic mass is 10.2. The van der Waals surface area contributed by atoms with E-state index in [1.807, 2.05) is 37.3 Å². The summed E-state index contributed by atoms with van der Waals surface area (Å²) < 4.78 is 7.52. The molecule has 0 spiro atoms. The standard InChI is InChI=1S/C18H19N3O2/c1-12-20-15-5-2-3-6-16(15)21(12)9-8-19-18(22)14-11-13(14)17-7-4-10-23-17/h2-7,10,13-14H,8-9,11H2,1H3,(H,19,22)/t13-,14+/m0/s1. The first kappa shape index (κ1) is 14.1. The third kappa shape index (κ3) is 2.63. The second kappa shape index (κ2) is 5.57. The highest BCUT2D eigenvalue weighted by Gasteiger charge is 2.45. The van der Waals surface area contributed by atoms with Crippen molar-refractivity contribution in [2.45, 2.75) is 25.8 Å². The maximum absolute atomic E-state index is 12.2. The zero-order valence-electron chi connectivity index (χ0n) is 13.0. The maximum atomic E-state index is 12.2. The summed E-state index contributed by atoms with van der Waals surface area (Å²) in [5.41, 5.74) is 2.11. The summed E-state index contributed by atoms with van der Waals surface area (Å²) >= 11 is 0. The van der Waals surface area contributed by atoms with Crippen molar-refractivity contribution >= 4 is 16.9 Å². The van der Waals surface area contributed by atoms with Gasteiger partial charge in [0.2, 0.25) is 5.91 Å². The third-order valence-corrected chi connectivity index (χ3v) is 4.52. The van der Waals surface area contributed by atoms with Crippen LogP contribution in [0.1, 0.15) is 23.9 Å². The van der Waals surface area contributed by atoms with Crippen LogP contribution in [-0.4, -0.2) is 22.0 Å². The molecule has 1 aliphatic rings. The minimum atomic E-state index is 0.0572. The summed E-state index contributed by atoms with van der Waals surface area (Å²) in [6.07, 6.45) is 2.54. The monoisotopic (exact) mass is 309 g/mol. The fraction of sp³-hybridized carbons (Fsp3) is 0.333. The Morgan fingerprint density at radius 2 is 2.22 bits per heavy atom. The maximum Gasteiger partial charge on any atom is 0.223 e. The number of carbonyl (C=O) groups is 1. The van der Waals surface area contributed by atoms with Gasteiger partial charge in [-0.25, -0.2) is 4.98 Å². The van der Waals surface area contributed by atoms with Crippen molar-refractivity contribution in [1.82, 2.24) is 14.9 Å². The van der Waals surface area contributed by atoms with Gasteiger partial charge in [0.05, 0.1) is 17.3 Å². The summed E-state index contributed by atoms with van der Waals surface area (Å²) in [5, 5.41) is 3.04. The van der Waals surface area contributed by atoms with Crippen molar-refractivity contribution in [1.29, 1.82) is 0 Å². The number of amides is 1. The summed E-state index contributed by atoms with van der Waals surface area (Å²) in [4.78, 5) is 16.8. The van der Waals surface area contributed by atoms with Crippen LogP contribution in [0.2, 0.25) is 0 Å². The second-order valence-corrected chi connectivity index (χ2v) is 6.05. The molecule has 5 nitrogen and oxygen atoms in total. The van der Waals surface area contributed by atoms with E-state index in [0.717, 1.165) is 35.6 Å². The van der Waals surface area contributed by atoms with E-state index in [1.54, 1.807) is 6.26 Å². The minimum absolute atomic E-state index is 0.0572. The Balaban J connectivity index is 1.35. The van der Waals surface area contributed by atoms with Crippen LogP contribution in [0.25, 0.3) is 11.0 Å². The molecule has 5 heteroatoms. The van der Waals surface area contributed by atoms with Gasteiger partial charge >= 0.3 is 0 Å². The van der Waals surface area contributed by atoms with E-state index in [2.05, 4.69) is 20.9 Å². The SMILES string of the molecule is Cc1nc2ccccc2n1CCNC(=O)[C@@H]1C[C@@H]1c1ccco1. The zero-order valence-corrected chi connectivity index (χ0v) is 13.0. The Morgan fingerprint density at radius 1 is 1.35 bits per heavy atom. The second-order valence-electron chi connectivity index (χ2n) is 6.05. The number of carbonyl (C=O) groups excluding carboxylic acids is 1. The van der Waals surface area contributed by atoms with Crippen molar-refractivity contribution < 1.29 is 9.21 Å². The molecule has 2 atom stereocenters. The van der Waals surface area contributed by atoms with Crippen LogP contribution in [0, 0.1) is 12.8 Å². The van der Waals surface area contributed by atoms with Gasteiger partial charge in [-0.1, -0.05) is 12.1 Å². The van der Waals surface area contributed by atoms with Gasteiger partial charge in [0.25, 0.3) is 0 Å². The van der Waals surface area contributed by atoms with Gasteiger partial charge in [-0.2, -0.15) is 0 Å². The number of rotatable bonds is 5. The van der Waals surface area contributed by atoms with Crippen LogP contribution in [0.4, 0.5) is 0 Å². The molecule has 2 aromatic heterocycles. The Bertz CT molecular complexity index is 835. The molecule has 2 heterocycles. The van der Waals surface area contributed by atoms with E-state index in [4.69, 9.17) is 4.42 Å². The van der Waals surface area contributed by atoms with E-state index in [-0.39, 0.29) is 17.7 Å². The number of fused-ring (bicyclic) bond motifs is 1. The lowest BCUT2D eigenvalue weighted by Gasteiger charge is -2.08. The molecule has 23 heavy (non-hydrogen) atoms. The van der Waals surface area contributed by atoms with Crippen LogP contribution in [0.15, 0.2) is 47.1 Å². The van der Waals surface area contributed by atoms with Gasteiger partial charge in [-0.3, -0.25) is 4.79 Å². The van der Waals surface area contributed by atoms with Crippen molar-refractivity contribution in [3.8, 4) is 0 Å². The van der Waals surface area contributed by atoms with Crippen LogP contribution in [0.5, 0.6) is 0 Å². The molecule has 4 rings (SSSR count). The number of aryl methyl sites for hydroxylation is 1. The highest BCUT2D eigenvalue weighted by molar-refractivity contribution is 5.82. The topological polar surface area (TPSA) is 60.1 Å². The van der Waals surface area contributed by atoms with Crippen molar-refractivity contribution in [3.63, 3.8) is 0 Å². The molecule has 1 N–H and O–H groups in total. The number of aromatic nitrogens is 2.